The van der Waals surface area contributed by atoms with Crippen LogP contribution in [0.25, 0.3) is 27.5 Å². The summed E-state index contributed by atoms with van der Waals surface area (Å²) in [6, 6.07) is 10.1. The van der Waals surface area contributed by atoms with E-state index in [1.165, 1.54) is 52.7 Å². The molecule has 0 radical (unpaired) electrons. The third-order valence-electron chi connectivity index (χ3n) is 4.37. The van der Waals surface area contributed by atoms with Crippen molar-refractivity contribution in [1.82, 2.24) is 19.1 Å². The summed E-state index contributed by atoms with van der Waals surface area (Å²) in [6.45, 7) is 0. The molecule has 0 saturated carbocycles. The lowest BCUT2D eigenvalue weighted by Gasteiger charge is -2.12. The molecule has 27 heavy (non-hydrogen) atoms. The number of aromatic nitrogens is 3. The minimum Gasteiger partial charge on any atom is -0.276 e. The smallest absolute Gasteiger partial charge is 0.266 e. The maximum absolute atomic E-state index is 13.7. The molecule has 0 amide bonds. The first-order valence-corrected chi connectivity index (χ1v) is 9.52. The van der Waals surface area contributed by atoms with Crippen LogP contribution in [0.4, 0.5) is 4.39 Å². The van der Waals surface area contributed by atoms with Crippen LogP contribution < -0.4 is 10.3 Å². The minimum absolute atomic E-state index is 0.0499. The van der Waals surface area contributed by atoms with E-state index in [9.17, 15) is 17.6 Å². The van der Waals surface area contributed by atoms with E-state index in [2.05, 4.69) is 9.82 Å². The van der Waals surface area contributed by atoms with Crippen molar-refractivity contribution >= 4 is 31.8 Å². The maximum atomic E-state index is 13.7. The van der Waals surface area contributed by atoms with E-state index in [0.29, 0.717) is 27.5 Å². The molecule has 0 spiro atoms. The second kappa shape index (κ2) is 6.00. The number of pyridine rings is 1. The molecule has 0 atom stereocenters. The van der Waals surface area contributed by atoms with Gasteiger partial charge in [0.15, 0.2) is 0 Å². The summed E-state index contributed by atoms with van der Waals surface area (Å²) >= 11 is 0. The van der Waals surface area contributed by atoms with E-state index in [-0.39, 0.29) is 10.5 Å². The Balaban J connectivity index is 2.20. The molecule has 138 valence electrons. The van der Waals surface area contributed by atoms with Crippen LogP contribution in [0.3, 0.4) is 0 Å². The zero-order valence-corrected chi connectivity index (χ0v) is 15.3. The fourth-order valence-corrected chi connectivity index (χ4v) is 3.89. The van der Waals surface area contributed by atoms with Gasteiger partial charge in [0.1, 0.15) is 11.3 Å². The Hall–Kier alpha value is -3.04. The molecule has 0 aliphatic carbocycles. The van der Waals surface area contributed by atoms with Gasteiger partial charge in [-0.05, 0) is 43.4 Å². The van der Waals surface area contributed by atoms with E-state index >= 15 is 0 Å². The molecule has 0 aliphatic rings. The fourth-order valence-electron chi connectivity index (χ4n) is 3.13. The Bertz CT molecular complexity index is 1370. The predicted molar refractivity (Wildman–Crippen MR) is 100 cm³/mol. The van der Waals surface area contributed by atoms with E-state index in [1.807, 2.05) is 0 Å². The Morgan fingerprint density at radius 2 is 1.89 bits per heavy atom. The van der Waals surface area contributed by atoms with Crippen molar-refractivity contribution in [2.75, 3.05) is 7.05 Å². The third kappa shape index (κ3) is 2.71. The second-order valence-corrected chi connectivity index (χ2v) is 7.96. The number of hydrogen-bond acceptors (Lipinski definition) is 4. The Kier molecular flexibility index (Phi) is 3.86. The molecule has 2 heterocycles. The Morgan fingerprint density at radius 3 is 2.59 bits per heavy atom. The van der Waals surface area contributed by atoms with E-state index in [4.69, 9.17) is 0 Å². The van der Waals surface area contributed by atoms with E-state index in [1.54, 1.807) is 19.3 Å². The van der Waals surface area contributed by atoms with Gasteiger partial charge in [0.25, 0.3) is 5.56 Å². The summed E-state index contributed by atoms with van der Waals surface area (Å²) < 4.78 is 43.3. The first kappa shape index (κ1) is 17.4. The number of hydrogen-bond donors (Lipinski definition) is 1. The van der Waals surface area contributed by atoms with Gasteiger partial charge in [-0.3, -0.25) is 14.0 Å². The van der Waals surface area contributed by atoms with Crippen LogP contribution in [0.15, 0.2) is 58.4 Å². The first-order chi connectivity index (χ1) is 12.8. The summed E-state index contributed by atoms with van der Waals surface area (Å²) in [7, 11) is -0.682. The lowest BCUT2D eigenvalue weighted by Crippen LogP contribution is -2.20. The second-order valence-electron chi connectivity index (χ2n) is 6.07. The van der Waals surface area contributed by atoms with Crippen molar-refractivity contribution in [3.8, 4) is 5.69 Å². The SMILES string of the molecule is CNS(=O)(=O)c1ccc2c(c1)c1nn(C)cc1c(=O)n2-c1cccc(F)c1. The van der Waals surface area contributed by atoms with Gasteiger partial charge < -0.3 is 0 Å². The largest absolute Gasteiger partial charge is 0.276 e. The number of aryl methyl sites for hydroxylation is 1. The molecule has 1 N–H and O–H groups in total. The predicted octanol–water partition coefficient (Wildman–Crippen LogP) is 1.92. The number of nitrogens with one attached hydrogen (secondary N) is 1. The van der Waals surface area contributed by atoms with Crippen LogP contribution in [0.5, 0.6) is 0 Å². The van der Waals surface area contributed by atoms with Gasteiger partial charge in [-0.15, -0.1) is 0 Å². The molecule has 0 bridgehead atoms. The lowest BCUT2D eigenvalue weighted by molar-refractivity contribution is 0.588. The number of rotatable bonds is 3. The Labute approximate surface area is 153 Å². The topological polar surface area (TPSA) is 86.0 Å². The van der Waals surface area contributed by atoms with E-state index in [0.717, 1.165) is 0 Å². The highest BCUT2D eigenvalue weighted by Crippen LogP contribution is 2.26. The summed E-state index contributed by atoms with van der Waals surface area (Å²) in [5, 5.41) is 5.11. The number of benzene rings is 2. The quantitative estimate of drug-likeness (QED) is 0.583. The summed E-state index contributed by atoms with van der Waals surface area (Å²) in [5.74, 6) is -0.479. The zero-order valence-electron chi connectivity index (χ0n) is 14.5. The van der Waals surface area contributed by atoms with Gasteiger partial charge in [0, 0.05) is 18.6 Å². The number of nitrogens with zero attached hydrogens (tertiary/aromatic N) is 3. The normalized spacial score (nSPS) is 12.1. The average molecular weight is 386 g/mol. The highest BCUT2D eigenvalue weighted by Gasteiger charge is 2.19. The molecule has 2 aromatic carbocycles. The number of fused-ring (bicyclic) bond motifs is 3. The van der Waals surface area contributed by atoms with Crippen LogP contribution in [-0.2, 0) is 17.1 Å². The molecule has 0 saturated heterocycles. The third-order valence-corrected chi connectivity index (χ3v) is 5.78. The van der Waals surface area contributed by atoms with Gasteiger partial charge in [0.2, 0.25) is 10.0 Å². The van der Waals surface area contributed by atoms with Crippen LogP contribution >= 0.6 is 0 Å². The highest BCUT2D eigenvalue weighted by molar-refractivity contribution is 7.89. The molecule has 4 rings (SSSR count). The molecule has 0 unspecified atom stereocenters. The molecule has 7 nitrogen and oxygen atoms in total. The highest BCUT2D eigenvalue weighted by atomic mass is 32.2. The van der Waals surface area contributed by atoms with Crippen LogP contribution in [-0.4, -0.2) is 29.8 Å². The van der Waals surface area contributed by atoms with Crippen molar-refractivity contribution in [3.63, 3.8) is 0 Å². The lowest BCUT2D eigenvalue weighted by atomic mass is 10.1. The van der Waals surface area contributed by atoms with Crippen LogP contribution in [0.2, 0.25) is 0 Å². The van der Waals surface area contributed by atoms with Gasteiger partial charge in [-0.1, -0.05) is 6.07 Å². The van der Waals surface area contributed by atoms with Gasteiger partial charge in [-0.25, -0.2) is 17.5 Å². The number of sulfonamides is 1. The van der Waals surface area contributed by atoms with Crippen molar-refractivity contribution in [1.29, 1.82) is 0 Å². The summed E-state index contributed by atoms with van der Waals surface area (Å²) in [5.41, 5.74) is 0.811. The summed E-state index contributed by atoms with van der Waals surface area (Å²) in [6.07, 6.45) is 1.56. The van der Waals surface area contributed by atoms with Crippen molar-refractivity contribution < 1.29 is 12.8 Å². The fraction of sp³-hybridized carbons (Fsp3) is 0.111. The average Bonchev–Trinajstić information content (AvgIpc) is 3.04. The molecule has 0 aliphatic heterocycles. The zero-order chi connectivity index (χ0) is 19.3. The van der Waals surface area contributed by atoms with Gasteiger partial charge >= 0.3 is 0 Å². The van der Waals surface area contributed by atoms with Crippen molar-refractivity contribution in [2.45, 2.75) is 4.90 Å². The van der Waals surface area contributed by atoms with Crippen molar-refractivity contribution in [3.05, 3.63) is 64.8 Å². The first-order valence-electron chi connectivity index (χ1n) is 8.03. The van der Waals surface area contributed by atoms with Crippen molar-refractivity contribution in [2.24, 2.45) is 7.05 Å². The Morgan fingerprint density at radius 1 is 1.11 bits per heavy atom. The van der Waals surface area contributed by atoms with Gasteiger partial charge in [0.05, 0.1) is 21.5 Å². The molecule has 0 fully saturated rings. The molecule has 4 aromatic rings. The monoisotopic (exact) mass is 386 g/mol. The minimum atomic E-state index is -3.68. The van der Waals surface area contributed by atoms with Crippen LogP contribution in [0, 0.1) is 5.82 Å². The number of halogens is 1. The van der Waals surface area contributed by atoms with Crippen LogP contribution in [0.1, 0.15) is 0 Å². The standard InChI is InChI=1S/C18H15FN4O3S/c1-20-27(25,26)13-6-7-16-14(9-13)17-15(10-22(2)21-17)18(24)23(16)12-5-3-4-11(19)8-12/h3-10,20H,1-2H3. The molecular formula is C18H15FN4O3S. The van der Waals surface area contributed by atoms with E-state index < -0.39 is 15.8 Å². The molecule has 9 heteroatoms. The maximum Gasteiger partial charge on any atom is 0.266 e. The van der Waals surface area contributed by atoms with Gasteiger partial charge in [-0.2, -0.15) is 5.10 Å². The summed E-state index contributed by atoms with van der Waals surface area (Å²) in [4.78, 5) is 13.1. The molecular weight excluding hydrogens is 371 g/mol. The molecule has 2 aromatic heterocycles.